The van der Waals surface area contributed by atoms with E-state index in [1.165, 1.54) is 12.1 Å². The maximum Gasteiger partial charge on any atom is 0.240 e. The first-order valence-electron chi connectivity index (χ1n) is 7.71. The molecule has 1 heterocycles. The van der Waals surface area contributed by atoms with Crippen LogP contribution in [0.15, 0.2) is 57.9 Å². The SMILES string of the molecule is COc1ccccc1-c1noc(CCNS(=O)(=O)c2cccc(Cl)c2)n1. The Bertz CT molecular complexity index is 1000. The molecule has 3 aromatic rings. The van der Waals surface area contributed by atoms with E-state index in [9.17, 15) is 8.42 Å². The molecule has 7 nitrogen and oxygen atoms in total. The lowest BCUT2D eigenvalue weighted by Crippen LogP contribution is -2.26. The lowest BCUT2D eigenvalue weighted by atomic mass is 10.2. The van der Waals surface area contributed by atoms with Crippen LogP contribution in [0.25, 0.3) is 11.4 Å². The topological polar surface area (TPSA) is 94.3 Å². The molecule has 0 bridgehead atoms. The van der Waals surface area contributed by atoms with Crippen molar-refractivity contribution >= 4 is 21.6 Å². The second-order valence-corrected chi connectivity index (χ2v) is 7.52. The number of sulfonamides is 1. The molecule has 0 unspecified atom stereocenters. The maximum atomic E-state index is 12.2. The molecular weight excluding hydrogens is 378 g/mol. The van der Waals surface area contributed by atoms with E-state index in [-0.39, 0.29) is 17.9 Å². The van der Waals surface area contributed by atoms with E-state index >= 15 is 0 Å². The van der Waals surface area contributed by atoms with Gasteiger partial charge >= 0.3 is 0 Å². The molecule has 0 saturated carbocycles. The third-order valence-electron chi connectivity index (χ3n) is 3.55. The van der Waals surface area contributed by atoms with E-state index in [0.717, 1.165) is 0 Å². The van der Waals surface area contributed by atoms with Gasteiger partial charge in [-0.2, -0.15) is 4.98 Å². The van der Waals surface area contributed by atoms with Gasteiger partial charge in [0.15, 0.2) is 0 Å². The fourth-order valence-corrected chi connectivity index (χ4v) is 3.64. The molecular formula is C17H16ClN3O4S. The van der Waals surface area contributed by atoms with Gasteiger partial charge in [0.25, 0.3) is 0 Å². The Hall–Kier alpha value is -2.42. The summed E-state index contributed by atoms with van der Waals surface area (Å²) in [5.74, 6) is 1.33. The maximum absolute atomic E-state index is 12.2. The Balaban J connectivity index is 1.65. The minimum Gasteiger partial charge on any atom is -0.496 e. The first kappa shape index (κ1) is 18.4. The van der Waals surface area contributed by atoms with E-state index in [0.29, 0.717) is 28.1 Å². The molecule has 0 amide bonds. The van der Waals surface area contributed by atoms with E-state index < -0.39 is 10.0 Å². The van der Waals surface area contributed by atoms with Gasteiger partial charge in [-0.15, -0.1) is 0 Å². The highest BCUT2D eigenvalue weighted by Gasteiger charge is 2.16. The number of aromatic nitrogens is 2. The minimum absolute atomic E-state index is 0.102. The van der Waals surface area contributed by atoms with Crippen molar-refractivity contribution < 1.29 is 17.7 Å². The van der Waals surface area contributed by atoms with Crippen LogP contribution < -0.4 is 9.46 Å². The number of ether oxygens (including phenoxy) is 1. The van der Waals surface area contributed by atoms with Crippen LogP contribution in [0, 0.1) is 0 Å². The van der Waals surface area contributed by atoms with Crippen LogP contribution >= 0.6 is 11.6 Å². The number of rotatable bonds is 7. The van der Waals surface area contributed by atoms with Crippen molar-refractivity contribution in [1.29, 1.82) is 0 Å². The number of hydrogen-bond donors (Lipinski definition) is 1. The van der Waals surface area contributed by atoms with E-state index in [1.54, 1.807) is 25.3 Å². The second-order valence-electron chi connectivity index (χ2n) is 5.32. The molecule has 0 aliphatic heterocycles. The summed E-state index contributed by atoms with van der Waals surface area (Å²) >= 11 is 5.83. The zero-order valence-corrected chi connectivity index (χ0v) is 15.4. The number of nitrogens with one attached hydrogen (secondary N) is 1. The number of nitrogens with zero attached hydrogens (tertiary/aromatic N) is 2. The molecule has 0 atom stereocenters. The molecule has 0 aliphatic rings. The summed E-state index contributed by atoms with van der Waals surface area (Å²) in [6, 6.07) is 13.3. The predicted molar refractivity (Wildman–Crippen MR) is 96.6 cm³/mol. The van der Waals surface area contributed by atoms with Gasteiger partial charge in [-0.3, -0.25) is 0 Å². The zero-order valence-electron chi connectivity index (χ0n) is 13.8. The van der Waals surface area contributed by atoms with Crippen molar-refractivity contribution in [3.05, 3.63) is 59.4 Å². The normalized spacial score (nSPS) is 11.5. The summed E-state index contributed by atoms with van der Waals surface area (Å²) in [7, 11) is -2.09. The van der Waals surface area contributed by atoms with Crippen LogP contribution in [0.5, 0.6) is 5.75 Å². The smallest absolute Gasteiger partial charge is 0.240 e. The van der Waals surface area contributed by atoms with Gasteiger partial charge in [-0.05, 0) is 30.3 Å². The third-order valence-corrected chi connectivity index (χ3v) is 5.25. The summed E-state index contributed by atoms with van der Waals surface area (Å²) in [4.78, 5) is 4.38. The predicted octanol–water partition coefficient (Wildman–Crippen LogP) is 2.92. The van der Waals surface area contributed by atoms with Crippen molar-refractivity contribution in [2.24, 2.45) is 0 Å². The number of methoxy groups -OCH3 is 1. The molecule has 0 saturated heterocycles. The van der Waals surface area contributed by atoms with Crippen molar-refractivity contribution in [2.75, 3.05) is 13.7 Å². The molecule has 1 aromatic heterocycles. The Morgan fingerprint density at radius 1 is 1.19 bits per heavy atom. The zero-order chi connectivity index (χ0) is 18.6. The molecule has 0 spiro atoms. The summed E-state index contributed by atoms with van der Waals surface area (Å²) < 4.78 is 37.4. The van der Waals surface area contributed by atoms with E-state index in [4.69, 9.17) is 20.9 Å². The van der Waals surface area contributed by atoms with Crippen molar-refractivity contribution in [3.63, 3.8) is 0 Å². The summed E-state index contributed by atoms with van der Waals surface area (Å²) in [6.07, 6.45) is 0.252. The average Bonchev–Trinajstić information content (AvgIpc) is 3.10. The molecule has 1 N–H and O–H groups in total. The van der Waals surface area contributed by atoms with Crippen LogP contribution in [0.4, 0.5) is 0 Å². The molecule has 9 heteroatoms. The Kier molecular flexibility index (Phi) is 5.55. The standard InChI is InChI=1S/C17H16ClN3O4S/c1-24-15-8-3-2-7-14(15)17-20-16(25-21-17)9-10-19-26(22,23)13-6-4-5-12(18)11-13/h2-8,11,19H,9-10H2,1H3. The molecule has 3 rings (SSSR count). The largest absolute Gasteiger partial charge is 0.496 e. The Morgan fingerprint density at radius 3 is 2.77 bits per heavy atom. The number of halogens is 1. The Labute approximate surface area is 156 Å². The fourth-order valence-electron chi connectivity index (χ4n) is 2.30. The van der Waals surface area contributed by atoms with Gasteiger partial charge in [-0.1, -0.05) is 35.0 Å². The van der Waals surface area contributed by atoms with Crippen LogP contribution in [-0.2, 0) is 16.4 Å². The quantitative estimate of drug-likeness (QED) is 0.663. The van der Waals surface area contributed by atoms with Gasteiger partial charge < -0.3 is 9.26 Å². The number of hydrogen-bond acceptors (Lipinski definition) is 6. The highest BCUT2D eigenvalue weighted by atomic mass is 35.5. The summed E-state index contributed by atoms with van der Waals surface area (Å²) in [5.41, 5.74) is 0.699. The first-order chi connectivity index (χ1) is 12.5. The molecule has 0 fully saturated rings. The molecule has 26 heavy (non-hydrogen) atoms. The lowest BCUT2D eigenvalue weighted by Gasteiger charge is -2.05. The van der Waals surface area contributed by atoms with Crippen molar-refractivity contribution in [2.45, 2.75) is 11.3 Å². The third kappa shape index (κ3) is 4.21. The van der Waals surface area contributed by atoms with Crippen molar-refractivity contribution in [1.82, 2.24) is 14.9 Å². The van der Waals surface area contributed by atoms with E-state index in [1.807, 2.05) is 18.2 Å². The molecule has 0 radical (unpaired) electrons. The minimum atomic E-state index is -3.65. The van der Waals surface area contributed by atoms with Crippen LogP contribution in [0.2, 0.25) is 5.02 Å². The lowest BCUT2D eigenvalue weighted by molar-refractivity contribution is 0.378. The fraction of sp³-hybridized carbons (Fsp3) is 0.176. The monoisotopic (exact) mass is 393 g/mol. The van der Waals surface area contributed by atoms with Crippen LogP contribution in [0.1, 0.15) is 5.89 Å². The van der Waals surface area contributed by atoms with Gasteiger partial charge in [0.1, 0.15) is 5.75 Å². The average molecular weight is 394 g/mol. The van der Waals surface area contributed by atoms with Gasteiger partial charge in [0.05, 0.1) is 17.6 Å². The first-order valence-corrected chi connectivity index (χ1v) is 9.57. The van der Waals surface area contributed by atoms with Gasteiger partial charge in [0.2, 0.25) is 21.7 Å². The second kappa shape index (κ2) is 7.86. The number of benzene rings is 2. The van der Waals surface area contributed by atoms with Crippen LogP contribution in [-0.4, -0.2) is 32.2 Å². The summed E-state index contributed by atoms with van der Waals surface area (Å²) in [5, 5.41) is 4.27. The molecule has 136 valence electrons. The highest BCUT2D eigenvalue weighted by Crippen LogP contribution is 2.27. The Morgan fingerprint density at radius 2 is 2.00 bits per heavy atom. The molecule has 2 aromatic carbocycles. The van der Waals surface area contributed by atoms with E-state index in [2.05, 4.69) is 14.9 Å². The van der Waals surface area contributed by atoms with Gasteiger partial charge in [-0.25, -0.2) is 13.1 Å². The van der Waals surface area contributed by atoms with Crippen molar-refractivity contribution in [3.8, 4) is 17.1 Å². The molecule has 0 aliphatic carbocycles. The summed E-state index contributed by atoms with van der Waals surface area (Å²) in [6.45, 7) is 0.113. The highest BCUT2D eigenvalue weighted by molar-refractivity contribution is 7.89. The van der Waals surface area contributed by atoms with Gasteiger partial charge in [0, 0.05) is 18.0 Å². The van der Waals surface area contributed by atoms with Crippen LogP contribution in [0.3, 0.4) is 0 Å². The number of para-hydroxylation sites is 1.